The van der Waals surface area contributed by atoms with Gasteiger partial charge in [-0.3, -0.25) is 4.79 Å². The van der Waals surface area contributed by atoms with Gasteiger partial charge in [0, 0.05) is 30.1 Å². The Morgan fingerprint density at radius 1 is 1.16 bits per heavy atom. The predicted octanol–water partition coefficient (Wildman–Crippen LogP) is 2.64. The molecule has 110 valence electrons. The Hall–Kier alpha value is -0.220. The molecule has 0 atom stereocenters. The summed E-state index contributed by atoms with van der Waals surface area (Å²) in [6, 6.07) is 0. The average Bonchev–Trinajstić information content (AvgIpc) is 2.59. The molecule has 3 nitrogen and oxygen atoms in total. The zero-order valence-electron chi connectivity index (χ0n) is 12.4. The summed E-state index contributed by atoms with van der Waals surface area (Å²) in [7, 11) is 0. The van der Waals surface area contributed by atoms with Crippen LogP contribution in [-0.4, -0.2) is 40.9 Å². The SMILES string of the molecule is CC1(C)CCN(C(=O)C2(CN)CCCCC2)CCS1. The van der Waals surface area contributed by atoms with Gasteiger partial charge in [-0.2, -0.15) is 11.8 Å². The van der Waals surface area contributed by atoms with Gasteiger partial charge in [0.2, 0.25) is 5.91 Å². The Bertz CT molecular complexity index is 324. The van der Waals surface area contributed by atoms with Gasteiger partial charge >= 0.3 is 0 Å². The van der Waals surface area contributed by atoms with E-state index in [0.29, 0.717) is 17.2 Å². The third kappa shape index (κ3) is 3.46. The molecule has 0 aromatic heterocycles. The van der Waals surface area contributed by atoms with E-state index in [1.807, 2.05) is 11.8 Å². The van der Waals surface area contributed by atoms with Crippen molar-refractivity contribution in [2.75, 3.05) is 25.4 Å². The second-order valence-electron chi connectivity index (χ2n) is 6.70. The lowest BCUT2D eigenvalue weighted by atomic mass is 9.73. The number of thioether (sulfide) groups is 1. The minimum Gasteiger partial charge on any atom is -0.341 e. The molecule has 1 amide bonds. The summed E-state index contributed by atoms with van der Waals surface area (Å²) in [4.78, 5) is 15.0. The number of carbonyl (C=O) groups is 1. The van der Waals surface area contributed by atoms with E-state index in [2.05, 4.69) is 18.7 Å². The Morgan fingerprint density at radius 2 is 1.84 bits per heavy atom. The number of hydrogen-bond acceptors (Lipinski definition) is 3. The molecule has 1 aliphatic carbocycles. The van der Waals surface area contributed by atoms with Crippen molar-refractivity contribution in [2.45, 2.75) is 57.1 Å². The smallest absolute Gasteiger partial charge is 0.230 e. The lowest BCUT2D eigenvalue weighted by molar-refractivity contribution is -0.143. The zero-order valence-corrected chi connectivity index (χ0v) is 13.2. The molecule has 1 saturated heterocycles. The van der Waals surface area contributed by atoms with Gasteiger partial charge in [-0.15, -0.1) is 0 Å². The van der Waals surface area contributed by atoms with Crippen LogP contribution in [0.25, 0.3) is 0 Å². The molecule has 2 aliphatic rings. The fourth-order valence-electron chi connectivity index (χ4n) is 3.29. The minimum atomic E-state index is -0.239. The maximum absolute atomic E-state index is 12.9. The first-order valence-electron chi connectivity index (χ1n) is 7.63. The Balaban J connectivity index is 2.05. The quantitative estimate of drug-likeness (QED) is 0.848. The molecular formula is C15H28N2OS. The van der Waals surface area contributed by atoms with Gasteiger partial charge < -0.3 is 10.6 Å². The van der Waals surface area contributed by atoms with Crippen LogP contribution in [0.1, 0.15) is 52.4 Å². The monoisotopic (exact) mass is 284 g/mol. The molecule has 0 unspecified atom stereocenters. The number of carbonyl (C=O) groups excluding carboxylic acids is 1. The van der Waals surface area contributed by atoms with Crippen molar-refractivity contribution in [1.82, 2.24) is 4.90 Å². The molecule has 2 fully saturated rings. The van der Waals surface area contributed by atoms with Crippen molar-refractivity contribution in [3.8, 4) is 0 Å². The highest BCUT2D eigenvalue weighted by Gasteiger charge is 2.41. The number of amides is 1. The zero-order chi connectivity index (χ0) is 13.9. The first kappa shape index (κ1) is 15.2. The van der Waals surface area contributed by atoms with E-state index >= 15 is 0 Å². The lowest BCUT2D eigenvalue weighted by Gasteiger charge is -2.38. The first-order chi connectivity index (χ1) is 8.99. The molecule has 2 N–H and O–H groups in total. The summed E-state index contributed by atoms with van der Waals surface area (Å²) in [6.45, 7) is 6.89. The van der Waals surface area contributed by atoms with Gasteiger partial charge in [-0.05, 0) is 19.3 Å². The fourth-order valence-corrected chi connectivity index (χ4v) is 4.39. The van der Waals surface area contributed by atoms with Crippen LogP contribution < -0.4 is 5.73 Å². The van der Waals surface area contributed by atoms with Crippen LogP contribution in [0.4, 0.5) is 0 Å². The number of rotatable bonds is 2. The Labute approximate surface area is 121 Å². The summed E-state index contributed by atoms with van der Waals surface area (Å²) < 4.78 is 0.303. The summed E-state index contributed by atoms with van der Waals surface area (Å²) in [5.41, 5.74) is 5.75. The molecule has 0 radical (unpaired) electrons. The summed E-state index contributed by atoms with van der Waals surface area (Å²) >= 11 is 1.99. The third-order valence-electron chi connectivity index (χ3n) is 4.78. The van der Waals surface area contributed by atoms with Gasteiger partial charge in [0.25, 0.3) is 0 Å². The minimum absolute atomic E-state index is 0.239. The molecule has 2 rings (SSSR count). The molecule has 0 aromatic rings. The van der Waals surface area contributed by atoms with Crippen LogP contribution >= 0.6 is 11.8 Å². The number of nitrogens with zero attached hydrogens (tertiary/aromatic N) is 1. The van der Waals surface area contributed by atoms with E-state index in [1.54, 1.807) is 0 Å². The van der Waals surface area contributed by atoms with Gasteiger partial charge in [0.1, 0.15) is 0 Å². The summed E-state index contributed by atoms with van der Waals surface area (Å²) in [5.74, 6) is 1.40. The molecular weight excluding hydrogens is 256 g/mol. The van der Waals surface area contributed by atoms with Crippen LogP contribution in [0.2, 0.25) is 0 Å². The van der Waals surface area contributed by atoms with Crippen molar-refractivity contribution in [3.05, 3.63) is 0 Å². The summed E-state index contributed by atoms with van der Waals surface area (Å²) in [5, 5.41) is 0. The average molecular weight is 284 g/mol. The lowest BCUT2D eigenvalue weighted by Crippen LogP contribution is -2.49. The highest BCUT2D eigenvalue weighted by molar-refractivity contribution is 8.00. The van der Waals surface area contributed by atoms with E-state index in [0.717, 1.165) is 50.9 Å². The van der Waals surface area contributed by atoms with Crippen molar-refractivity contribution in [3.63, 3.8) is 0 Å². The van der Waals surface area contributed by atoms with E-state index in [-0.39, 0.29) is 5.41 Å². The molecule has 1 aliphatic heterocycles. The standard InChI is InChI=1S/C15H28N2OS/c1-14(2)8-9-17(10-11-19-14)13(18)15(12-16)6-4-3-5-7-15/h3-12,16H2,1-2H3. The van der Waals surface area contributed by atoms with E-state index in [4.69, 9.17) is 5.73 Å². The van der Waals surface area contributed by atoms with Crippen molar-refractivity contribution in [2.24, 2.45) is 11.1 Å². The largest absolute Gasteiger partial charge is 0.341 e. The van der Waals surface area contributed by atoms with Crippen LogP contribution in [0.3, 0.4) is 0 Å². The molecule has 1 saturated carbocycles. The normalized spacial score (nSPS) is 26.8. The topological polar surface area (TPSA) is 46.3 Å². The van der Waals surface area contributed by atoms with Crippen LogP contribution in [0.5, 0.6) is 0 Å². The maximum atomic E-state index is 12.9. The Kier molecular flexibility index (Phi) is 4.83. The molecule has 0 bridgehead atoms. The number of nitrogens with two attached hydrogens (primary N) is 1. The summed E-state index contributed by atoms with van der Waals surface area (Å²) in [6.07, 6.45) is 6.67. The Morgan fingerprint density at radius 3 is 2.47 bits per heavy atom. The van der Waals surface area contributed by atoms with Crippen molar-refractivity contribution in [1.29, 1.82) is 0 Å². The molecule has 4 heteroatoms. The van der Waals surface area contributed by atoms with Gasteiger partial charge in [-0.1, -0.05) is 33.1 Å². The predicted molar refractivity (Wildman–Crippen MR) is 82.3 cm³/mol. The van der Waals surface area contributed by atoms with Gasteiger partial charge in [-0.25, -0.2) is 0 Å². The van der Waals surface area contributed by atoms with E-state index in [9.17, 15) is 4.79 Å². The molecule has 0 aromatic carbocycles. The maximum Gasteiger partial charge on any atom is 0.230 e. The molecule has 1 heterocycles. The van der Waals surface area contributed by atoms with Crippen molar-refractivity contribution >= 4 is 17.7 Å². The molecule has 19 heavy (non-hydrogen) atoms. The van der Waals surface area contributed by atoms with E-state index < -0.39 is 0 Å². The highest BCUT2D eigenvalue weighted by atomic mass is 32.2. The van der Waals surface area contributed by atoms with E-state index in [1.165, 1.54) is 6.42 Å². The third-order valence-corrected chi connectivity index (χ3v) is 6.15. The second-order valence-corrected chi connectivity index (χ2v) is 8.50. The van der Waals surface area contributed by atoms with Crippen LogP contribution in [0.15, 0.2) is 0 Å². The van der Waals surface area contributed by atoms with Crippen molar-refractivity contribution < 1.29 is 4.79 Å². The fraction of sp³-hybridized carbons (Fsp3) is 0.933. The molecule has 0 spiro atoms. The number of hydrogen-bond donors (Lipinski definition) is 1. The first-order valence-corrected chi connectivity index (χ1v) is 8.61. The van der Waals surface area contributed by atoms with Crippen LogP contribution in [0, 0.1) is 5.41 Å². The van der Waals surface area contributed by atoms with Gasteiger partial charge in [0.05, 0.1) is 5.41 Å². The van der Waals surface area contributed by atoms with Crippen LogP contribution in [-0.2, 0) is 4.79 Å². The second kappa shape index (κ2) is 6.04. The highest BCUT2D eigenvalue weighted by Crippen LogP contribution is 2.38. The van der Waals surface area contributed by atoms with Gasteiger partial charge in [0.15, 0.2) is 0 Å².